The van der Waals surface area contributed by atoms with Crippen LogP contribution in [0.2, 0.25) is 0 Å². The van der Waals surface area contributed by atoms with E-state index in [4.69, 9.17) is 19.9 Å². The average molecular weight is 378 g/mol. The Hall–Kier alpha value is -2.70. The molecular formula is C20H30N2O5. The van der Waals surface area contributed by atoms with Crippen LogP contribution in [0.15, 0.2) is 30.5 Å². The molecule has 0 saturated heterocycles. The fourth-order valence-electron chi connectivity index (χ4n) is 2.39. The molecule has 0 aliphatic heterocycles. The van der Waals surface area contributed by atoms with Gasteiger partial charge in [0.05, 0.1) is 6.04 Å². The summed E-state index contributed by atoms with van der Waals surface area (Å²) in [6.45, 7) is 7.53. The van der Waals surface area contributed by atoms with Gasteiger partial charge in [-0.2, -0.15) is 0 Å². The predicted molar refractivity (Wildman–Crippen MR) is 103 cm³/mol. The summed E-state index contributed by atoms with van der Waals surface area (Å²) >= 11 is 0. The molecule has 1 rings (SSSR count). The van der Waals surface area contributed by atoms with E-state index in [-0.39, 0.29) is 12.5 Å². The van der Waals surface area contributed by atoms with Gasteiger partial charge < -0.3 is 25.3 Å². The second kappa shape index (κ2) is 11.8. The molecule has 7 heteroatoms. The summed E-state index contributed by atoms with van der Waals surface area (Å²) in [6, 6.07) is 5.63. The molecule has 150 valence electrons. The van der Waals surface area contributed by atoms with E-state index in [2.05, 4.69) is 5.32 Å². The Morgan fingerprint density at radius 2 is 1.85 bits per heavy atom. The molecule has 0 aromatic heterocycles. The van der Waals surface area contributed by atoms with E-state index in [1.54, 1.807) is 13.0 Å². The molecule has 0 aliphatic rings. The third-order valence-electron chi connectivity index (χ3n) is 3.71. The smallest absolute Gasteiger partial charge is 0.410 e. The molecule has 0 spiro atoms. The first-order valence-corrected chi connectivity index (χ1v) is 9.05. The number of amides is 1. The molecule has 0 saturated carbocycles. The maximum atomic E-state index is 11.9. The van der Waals surface area contributed by atoms with Gasteiger partial charge >= 0.3 is 12.1 Å². The van der Waals surface area contributed by atoms with E-state index in [1.165, 1.54) is 13.1 Å². The molecule has 7 nitrogen and oxygen atoms in total. The lowest BCUT2D eigenvalue weighted by Crippen LogP contribution is -2.39. The Labute approximate surface area is 160 Å². The van der Waals surface area contributed by atoms with Crippen molar-refractivity contribution in [3.63, 3.8) is 0 Å². The number of nitrogens with one attached hydrogen (secondary N) is 1. The lowest BCUT2D eigenvalue weighted by Gasteiger charge is -2.19. The van der Waals surface area contributed by atoms with Crippen LogP contribution in [0.5, 0.6) is 5.75 Å². The molecule has 1 aromatic rings. The van der Waals surface area contributed by atoms with E-state index in [0.29, 0.717) is 19.4 Å². The molecule has 1 amide bonds. The number of unbranched alkanes of at least 4 members (excludes halogenated alkanes) is 1. The Kier molecular flexibility index (Phi) is 9.79. The van der Waals surface area contributed by atoms with E-state index in [0.717, 1.165) is 16.9 Å². The van der Waals surface area contributed by atoms with Crippen molar-refractivity contribution in [1.82, 2.24) is 5.32 Å². The van der Waals surface area contributed by atoms with Gasteiger partial charge in [-0.05, 0) is 50.9 Å². The lowest BCUT2D eigenvalue weighted by molar-refractivity contribution is -0.165. The lowest BCUT2D eigenvalue weighted by atomic mass is 10.1. The average Bonchev–Trinajstić information content (AvgIpc) is 2.58. The van der Waals surface area contributed by atoms with Gasteiger partial charge in [0, 0.05) is 13.3 Å². The van der Waals surface area contributed by atoms with Crippen molar-refractivity contribution >= 4 is 12.1 Å². The van der Waals surface area contributed by atoms with Crippen molar-refractivity contribution < 1.29 is 23.8 Å². The van der Waals surface area contributed by atoms with E-state index < -0.39 is 18.4 Å². The number of benzene rings is 1. The minimum atomic E-state index is -0.964. The maximum absolute atomic E-state index is 11.9. The summed E-state index contributed by atoms with van der Waals surface area (Å²) < 4.78 is 15.9. The van der Waals surface area contributed by atoms with Crippen LogP contribution in [0.25, 0.3) is 0 Å². The van der Waals surface area contributed by atoms with Crippen LogP contribution in [-0.4, -0.2) is 31.0 Å². The summed E-state index contributed by atoms with van der Waals surface area (Å²) in [4.78, 5) is 23.5. The van der Waals surface area contributed by atoms with Crippen LogP contribution in [-0.2, 0) is 14.3 Å². The zero-order chi connectivity index (χ0) is 20.2. The largest absolute Gasteiger partial charge is 0.491 e. The van der Waals surface area contributed by atoms with Gasteiger partial charge in [-0.25, -0.2) is 4.79 Å². The number of rotatable bonds is 10. The summed E-state index contributed by atoms with van der Waals surface area (Å²) in [5.74, 6) is 0.387. The molecule has 1 aromatic carbocycles. The van der Waals surface area contributed by atoms with Gasteiger partial charge in [0.25, 0.3) is 0 Å². The molecule has 0 radical (unpaired) electrons. The number of carbonyl (C=O) groups is 2. The first-order valence-electron chi connectivity index (χ1n) is 9.05. The van der Waals surface area contributed by atoms with Crippen molar-refractivity contribution in [3.05, 3.63) is 41.6 Å². The Balaban J connectivity index is 2.31. The number of hydrogen-bond acceptors (Lipinski definition) is 6. The zero-order valence-electron chi connectivity index (χ0n) is 16.5. The zero-order valence-corrected chi connectivity index (χ0v) is 16.5. The molecule has 27 heavy (non-hydrogen) atoms. The van der Waals surface area contributed by atoms with Crippen LogP contribution in [0.4, 0.5) is 4.79 Å². The third kappa shape index (κ3) is 8.99. The topological polar surface area (TPSA) is 99.9 Å². The molecule has 2 atom stereocenters. The molecule has 0 fully saturated rings. The number of aryl methyl sites for hydroxylation is 2. The number of ether oxygens (including phenoxy) is 3. The van der Waals surface area contributed by atoms with Gasteiger partial charge in [0.2, 0.25) is 6.29 Å². The normalized spacial score (nSPS) is 13.0. The standard InChI is InChI=1S/C20H30N2O5/c1-14-9-8-10-15(2)19(14)25-13-16(3)22-20(24)27-17(4)26-18(23)11-6-5-7-12-21/h7-10,12,16-17H,5-6,11,13,21H2,1-4H3,(H,22,24)/b12-7+. The van der Waals surface area contributed by atoms with Gasteiger partial charge in [0.1, 0.15) is 12.4 Å². The van der Waals surface area contributed by atoms with Crippen molar-refractivity contribution in [2.24, 2.45) is 5.73 Å². The molecular weight excluding hydrogens is 348 g/mol. The molecule has 0 aliphatic carbocycles. The first-order chi connectivity index (χ1) is 12.8. The highest BCUT2D eigenvalue weighted by Crippen LogP contribution is 2.22. The number of para-hydroxylation sites is 1. The Bertz CT molecular complexity index is 625. The van der Waals surface area contributed by atoms with Crippen LogP contribution in [0.3, 0.4) is 0 Å². The minimum absolute atomic E-state index is 0.236. The molecule has 0 heterocycles. The summed E-state index contributed by atoms with van der Waals surface area (Å²) in [7, 11) is 0. The second-order valence-electron chi connectivity index (χ2n) is 6.36. The van der Waals surface area contributed by atoms with Crippen LogP contribution >= 0.6 is 0 Å². The highest BCUT2D eigenvalue weighted by Gasteiger charge is 2.16. The first kappa shape index (κ1) is 22.3. The van der Waals surface area contributed by atoms with Crippen LogP contribution < -0.4 is 15.8 Å². The molecule has 2 unspecified atom stereocenters. The predicted octanol–water partition coefficient (Wildman–Crippen LogP) is 3.33. The fourth-order valence-corrected chi connectivity index (χ4v) is 2.39. The Morgan fingerprint density at radius 1 is 1.19 bits per heavy atom. The van der Waals surface area contributed by atoms with Crippen molar-refractivity contribution in [3.8, 4) is 5.75 Å². The number of allylic oxidation sites excluding steroid dienone is 1. The highest BCUT2D eigenvalue weighted by atomic mass is 16.7. The van der Waals surface area contributed by atoms with Crippen molar-refractivity contribution in [2.75, 3.05) is 6.61 Å². The number of esters is 1. The fraction of sp³-hybridized carbons (Fsp3) is 0.500. The number of alkyl carbamates (subject to hydrolysis) is 1. The quantitative estimate of drug-likeness (QED) is 0.368. The summed E-state index contributed by atoms with van der Waals surface area (Å²) in [5, 5.41) is 2.65. The second-order valence-corrected chi connectivity index (χ2v) is 6.36. The SMILES string of the molecule is Cc1cccc(C)c1OCC(C)NC(=O)OC(C)OC(=O)CCC/C=C/N. The van der Waals surface area contributed by atoms with Gasteiger partial charge in [-0.3, -0.25) is 4.79 Å². The summed E-state index contributed by atoms with van der Waals surface area (Å²) in [6.07, 6.45) is 3.12. The monoisotopic (exact) mass is 378 g/mol. The van der Waals surface area contributed by atoms with Crippen LogP contribution in [0.1, 0.15) is 44.2 Å². The van der Waals surface area contributed by atoms with E-state index in [1.807, 2.05) is 32.0 Å². The van der Waals surface area contributed by atoms with E-state index in [9.17, 15) is 9.59 Å². The van der Waals surface area contributed by atoms with Crippen molar-refractivity contribution in [2.45, 2.75) is 59.3 Å². The molecule has 0 bridgehead atoms. The number of hydrogen-bond donors (Lipinski definition) is 2. The van der Waals surface area contributed by atoms with Gasteiger partial charge in [-0.1, -0.05) is 24.3 Å². The van der Waals surface area contributed by atoms with Gasteiger partial charge in [0.15, 0.2) is 0 Å². The van der Waals surface area contributed by atoms with E-state index >= 15 is 0 Å². The maximum Gasteiger partial charge on any atom is 0.410 e. The third-order valence-corrected chi connectivity index (χ3v) is 3.71. The van der Waals surface area contributed by atoms with Crippen LogP contribution in [0, 0.1) is 13.8 Å². The number of nitrogens with two attached hydrogens (primary N) is 1. The van der Waals surface area contributed by atoms with Gasteiger partial charge in [-0.15, -0.1) is 0 Å². The summed E-state index contributed by atoms with van der Waals surface area (Å²) in [5.41, 5.74) is 7.29. The number of carbonyl (C=O) groups excluding carboxylic acids is 2. The Morgan fingerprint density at radius 3 is 2.48 bits per heavy atom. The molecule has 3 N–H and O–H groups in total. The minimum Gasteiger partial charge on any atom is -0.491 e. The van der Waals surface area contributed by atoms with Crippen molar-refractivity contribution in [1.29, 1.82) is 0 Å². The highest BCUT2D eigenvalue weighted by molar-refractivity contribution is 5.70.